The highest BCUT2D eigenvalue weighted by Gasteiger charge is 2.12. The van der Waals surface area contributed by atoms with Gasteiger partial charge in [-0.25, -0.2) is 0 Å². The van der Waals surface area contributed by atoms with E-state index in [2.05, 4.69) is 25.9 Å². The number of aromatic nitrogens is 1. The zero-order valence-corrected chi connectivity index (χ0v) is 6.80. The molecule has 0 amide bonds. The molecule has 0 atom stereocenters. The minimum absolute atomic E-state index is 0.768. The van der Waals surface area contributed by atoms with Crippen LogP contribution >= 0.6 is 15.9 Å². The maximum atomic E-state index is 4.17. The monoisotopic (exact) mass is 196 g/mol. The summed E-state index contributed by atoms with van der Waals surface area (Å²) >= 11 is 3.32. The van der Waals surface area contributed by atoms with Crippen LogP contribution in [-0.2, 0) is 6.54 Å². The first-order valence-corrected chi connectivity index (χ1v) is 3.81. The van der Waals surface area contributed by atoms with E-state index in [-0.39, 0.29) is 0 Å². The Balaban J connectivity index is 2.61. The first-order chi connectivity index (χ1) is 4.88. The molecule has 1 aromatic rings. The predicted molar refractivity (Wildman–Crippen MR) is 43.4 cm³/mol. The van der Waals surface area contributed by atoms with Crippen LogP contribution in [0.3, 0.4) is 0 Å². The fraction of sp³-hybridized carbons (Fsp3) is 0.143. The Morgan fingerprint density at radius 3 is 3.20 bits per heavy atom. The van der Waals surface area contributed by atoms with Gasteiger partial charge in [0.25, 0.3) is 0 Å². The van der Waals surface area contributed by atoms with Crippen LogP contribution in [-0.4, -0.2) is 9.60 Å². The van der Waals surface area contributed by atoms with E-state index in [0.29, 0.717) is 0 Å². The third-order valence-corrected chi connectivity index (χ3v) is 2.10. The molecule has 0 unspecified atom stereocenters. The summed E-state index contributed by atoms with van der Waals surface area (Å²) in [6, 6.07) is 3.97. The van der Waals surface area contributed by atoms with E-state index in [9.17, 15) is 0 Å². The highest BCUT2D eigenvalue weighted by Crippen LogP contribution is 2.18. The number of rotatable bonds is 0. The second-order valence-corrected chi connectivity index (χ2v) is 2.87. The normalized spacial score (nSPS) is 14.7. The molecule has 1 aliphatic heterocycles. The average Bonchev–Trinajstić information content (AvgIpc) is 2.34. The van der Waals surface area contributed by atoms with Crippen LogP contribution in [0.5, 0.6) is 0 Å². The molecule has 0 saturated carbocycles. The van der Waals surface area contributed by atoms with Crippen molar-refractivity contribution in [3.05, 3.63) is 29.6 Å². The summed E-state index contributed by atoms with van der Waals surface area (Å²) in [5.74, 6) is 0. The van der Waals surface area contributed by atoms with Gasteiger partial charge in [-0.05, 0) is 22.0 Å². The van der Waals surface area contributed by atoms with E-state index < -0.39 is 0 Å². The Morgan fingerprint density at radius 1 is 1.50 bits per heavy atom. The second kappa shape index (κ2) is 2.16. The highest BCUT2D eigenvalue weighted by molar-refractivity contribution is 9.18. The van der Waals surface area contributed by atoms with Crippen molar-refractivity contribution in [1.82, 2.24) is 4.98 Å². The van der Waals surface area contributed by atoms with Gasteiger partial charge in [-0.2, -0.15) is 0 Å². The molecule has 2 rings (SSSR count). The summed E-state index contributed by atoms with van der Waals surface area (Å²) in [5.41, 5.74) is 2.19. The van der Waals surface area contributed by atoms with E-state index in [1.807, 2.05) is 12.1 Å². The Labute approximate surface area is 67.1 Å². The average molecular weight is 197 g/mol. The van der Waals surface area contributed by atoms with Gasteiger partial charge >= 0.3 is 0 Å². The van der Waals surface area contributed by atoms with Crippen molar-refractivity contribution in [2.24, 2.45) is 4.99 Å². The summed E-state index contributed by atoms with van der Waals surface area (Å²) in [7, 11) is 0. The Bertz CT molecular complexity index is 293. The van der Waals surface area contributed by atoms with E-state index in [0.717, 1.165) is 16.9 Å². The molecule has 50 valence electrons. The highest BCUT2D eigenvalue weighted by atomic mass is 79.9. The lowest BCUT2D eigenvalue weighted by molar-refractivity contribution is 1.09. The lowest BCUT2D eigenvalue weighted by Gasteiger charge is -1.92. The number of aliphatic imine (C=N–C) groups is 1. The molecule has 0 radical (unpaired) electrons. The molecule has 0 fully saturated rings. The quantitative estimate of drug-likeness (QED) is 0.621. The van der Waals surface area contributed by atoms with Gasteiger partial charge in [0.05, 0.1) is 6.54 Å². The molecule has 3 heteroatoms. The Morgan fingerprint density at radius 2 is 2.40 bits per heavy atom. The summed E-state index contributed by atoms with van der Waals surface area (Å²) < 4.78 is 0.878. The maximum absolute atomic E-state index is 4.17. The summed E-state index contributed by atoms with van der Waals surface area (Å²) in [4.78, 5) is 8.34. The van der Waals surface area contributed by atoms with Gasteiger partial charge in [0.1, 0.15) is 10.3 Å². The molecule has 2 heterocycles. The number of halogens is 1. The van der Waals surface area contributed by atoms with Gasteiger partial charge < -0.3 is 0 Å². The van der Waals surface area contributed by atoms with Crippen LogP contribution in [0, 0.1) is 0 Å². The van der Waals surface area contributed by atoms with Gasteiger partial charge in [-0.3, -0.25) is 9.98 Å². The van der Waals surface area contributed by atoms with Gasteiger partial charge in [-0.1, -0.05) is 6.07 Å². The van der Waals surface area contributed by atoms with E-state index in [4.69, 9.17) is 0 Å². The third kappa shape index (κ3) is 0.778. The number of pyridine rings is 1. The number of hydrogen-bond donors (Lipinski definition) is 0. The van der Waals surface area contributed by atoms with Gasteiger partial charge in [-0.15, -0.1) is 0 Å². The molecule has 1 aliphatic rings. The van der Waals surface area contributed by atoms with Crippen molar-refractivity contribution in [3.63, 3.8) is 0 Å². The minimum Gasteiger partial charge on any atom is -0.271 e. The first kappa shape index (κ1) is 6.04. The molecule has 2 nitrogen and oxygen atoms in total. The van der Waals surface area contributed by atoms with Crippen LogP contribution in [0.2, 0.25) is 0 Å². The van der Waals surface area contributed by atoms with Gasteiger partial charge in [0.15, 0.2) is 0 Å². The fourth-order valence-electron chi connectivity index (χ4n) is 0.981. The van der Waals surface area contributed by atoms with Crippen molar-refractivity contribution >= 4 is 20.6 Å². The molecule has 0 saturated heterocycles. The van der Waals surface area contributed by atoms with Crippen molar-refractivity contribution in [2.75, 3.05) is 0 Å². The zero-order chi connectivity index (χ0) is 6.97. The van der Waals surface area contributed by atoms with E-state index in [1.165, 1.54) is 5.56 Å². The Kier molecular flexibility index (Phi) is 1.31. The van der Waals surface area contributed by atoms with E-state index >= 15 is 0 Å². The smallest absolute Gasteiger partial charge is 0.126 e. The molecule has 0 bridgehead atoms. The third-order valence-electron chi connectivity index (χ3n) is 1.47. The molecule has 0 spiro atoms. The van der Waals surface area contributed by atoms with Crippen molar-refractivity contribution in [3.8, 4) is 0 Å². The molecule has 0 aromatic carbocycles. The standard InChI is InChI=1S/C7H5BrN2/c8-7-6-5(4-10-7)2-1-3-9-6/h1-3H,4H2. The second-order valence-electron chi connectivity index (χ2n) is 2.12. The van der Waals surface area contributed by atoms with Crippen LogP contribution in [0.1, 0.15) is 11.3 Å². The van der Waals surface area contributed by atoms with Crippen molar-refractivity contribution < 1.29 is 0 Å². The molecule has 10 heavy (non-hydrogen) atoms. The summed E-state index contributed by atoms with van der Waals surface area (Å²) in [5, 5.41) is 0. The molecule has 1 aromatic heterocycles. The van der Waals surface area contributed by atoms with Gasteiger partial charge in [0.2, 0.25) is 0 Å². The zero-order valence-electron chi connectivity index (χ0n) is 5.21. The molecule has 0 N–H and O–H groups in total. The van der Waals surface area contributed by atoms with Crippen LogP contribution in [0.4, 0.5) is 0 Å². The Hall–Kier alpha value is -0.700. The van der Waals surface area contributed by atoms with Crippen molar-refractivity contribution in [1.29, 1.82) is 0 Å². The molecular formula is C7H5BrN2. The lowest BCUT2D eigenvalue weighted by Crippen LogP contribution is -1.91. The minimum atomic E-state index is 0.768. The topological polar surface area (TPSA) is 25.2 Å². The SMILES string of the molecule is BrC1=NCc2cccnc21. The number of nitrogens with zero attached hydrogens (tertiary/aromatic N) is 2. The van der Waals surface area contributed by atoms with Crippen LogP contribution < -0.4 is 0 Å². The van der Waals surface area contributed by atoms with E-state index in [1.54, 1.807) is 6.20 Å². The number of hydrogen-bond acceptors (Lipinski definition) is 2. The fourth-order valence-corrected chi connectivity index (χ4v) is 1.46. The summed E-state index contributed by atoms with van der Waals surface area (Å²) in [6.45, 7) is 0.768. The van der Waals surface area contributed by atoms with Crippen LogP contribution in [0.25, 0.3) is 0 Å². The maximum Gasteiger partial charge on any atom is 0.126 e. The predicted octanol–water partition coefficient (Wildman–Crippen LogP) is 1.74. The van der Waals surface area contributed by atoms with Gasteiger partial charge in [0, 0.05) is 11.8 Å². The summed E-state index contributed by atoms with van der Waals surface area (Å²) in [6.07, 6.45) is 1.78. The lowest BCUT2D eigenvalue weighted by atomic mass is 10.2. The van der Waals surface area contributed by atoms with Crippen molar-refractivity contribution in [2.45, 2.75) is 6.54 Å². The molecule has 0 aliphatic carbocycles. The molecular weight excluding hydrogens is 192 g/mol. The first-order valence-electron chi connectivity index (χ1n) is 3.02. The number of fused-ring (bicyclic) bond motifs is 1. The van der Waals surface area contributed by atoms with Crippen LogP contribution in [0.15, 0.2) is 23.3 Å². The largest absolute Gasteiger partial charge is 0.271 e.